The molecule has 0 aliphatic rings. The van der Waals surface area contributed by atoms with Gasteiger partial charge in [-0.1, -0.05) is 5.22 Å². The van der Waals surface area contributed by atoms with Gasteiger partial charge in [0.25, 0.3) is 0 Å². The van der Waals surface area contributed by atoms with E-state index in [0.717, 1.165) is 0 Å². The van der Waals surface area contributed by atoms with Crippen molar-refractivity contribution in [1.82, 2.24) is 0 Å². The third-order valence-corrected chi connectivity index (χ3v) is 0.601. The van der Waals surface area contributed by atoms with Crippen LogP contribution >= 0.6 is 0 Å². The molecule has 0 spiro atoms. The second-order valence-electron chi connectivity index (χ2n) is 1.41. The van der Waals surface area contributed by atoms with Gasteiger partial charge in [0.2, 0.25) is 0 Å². The minimum Gasteiger partial charge on any atom is -0.305 e. The average Bonchev–Trinajstić information content (AvgIpc) is 1.68. The molecule has 8 heavy (non-hydrogen) atoms. The highest BCUT2D eigenvalue weighted by molar-refractivity contribution is 4.51. The summed E-state index contributed by atoms with van der Waals surface area (Å²) >= 11 is 0. The van der Waals surface area contributed by atoms with Gasteiger partial charge in [-0.2, -0.15) is 5.11 Å². The Balaban J connectivity index is 3.17. The van der Waals surface area contributed by atoms with Crippen molar-refractivity contribution in [3.8, 4) is 0 Å². The Kier molecular flexibility index (Phi) is 4.10. The summed E-state index contributed by atoms with van der Waals surface area (Å²) < 4.78 is 0. The van der Waals surface area contributed by atoms with Gasteiger partial charge < -0.3 is 10.7 Å². The molecule has 0 aliphatic heterocycles. The first-order chi connectivity index (χ1) is 3.81. The molecule has 0 rings (SSSR count). The highest BCUT2D eigenvalue weighted by Gasteiger charge is 1.94. The largest absolute Gasteiger partial charge is 0.305 e. The van der Waals surface area contributed by atoms with Gasteiger partial charge in [-0.15, -0.1) is 0 Å². The zero-order valence-corrected chi connectivity index (χ0v) is 4.74. The Labute approximate surface area is 47.6 Å². The van der Waals surface area contributed by atoms with E-state index >= 15 is 0 Å². The van der Waals surface area contributed by atoms with Gasteiger partial charge in [0, 0.05) is 0 Å². The zero-order valence-electron chi connectivity index (χ0n) is 4.74. The van der Waals surface area contributed by atoms with E-state index in [1.165, 1.54) is 0 Å². The van der Waals surface area contributed by atoms with Gasteiger partial charge in [0.15, 0.2) is 0 Å². The van der Waals surface area contributed by atoms with E-state index in [4.69, 9.17) is 11.7 Å². The summed E-state index contributed by atoms with van der Waals surface area (Å²) in [5.74, 6) is 9.44. The smallest absolute Gasteiger partial charge is 0.0954 e. The van der Waals surface area contributed by atoms with Crippen LogP contribution in [0.3, 0.4) is 0 Å². The SMILES string of the molecule is C[C@@H](CON)N=NN. The third kappa shape index (κ3) is 3.51. The van der Waals surface area contributed by atoms with E-state index in [9.17, 15) is 0 Å². The Hall–Kier alpha value is -0.680. The lowest BCUT2D eigenvalue weighted by Crippen LogP contribution is -2.12. The first-order valence-corrected chi connectivity index (χ1v) is 2.23. The van der Waals surface area contributed by atoms with Crippen molar-refractivity contribution in [2.24, 2.45) is 22.1 Å². The predicted molar refractivity (Wildman–Crippen MR) is 28.6 cm³/mol. The lowest BCUT2D eigenvalue weighted by atomic mass is 10.4. The number of hydrogen-bond acceptors (Lipinski definition) is 4. The van der Waals surface area contributed by atoms with Crippen LogP contribution in [-0.2, 0) is 4.84 Å². The van der Waals surface area contributed by atoms with Crippen molar-refractivity contribution >= 4 is 0 Å². The van der Waals surface area contributed by atoms with Gasteiger partial charge in [0.05, 0.1) is 12.6 Å². The van der Waals surface area contributed by atoms with Crippen molar-refractivity contribution in [3.63, 3.8) is 0 Å². The summed E-state index contributed by atoms with van der Waals surface area (Å²) in [7, 11) is 0. The fraction of sp³-hybridized carbons (Fsp3) is 1.00. The van der Waals surface area contributed by atoms with Crippen LogP contribution < -0.4 is 11.7 Å². The molecule has 48 valence electrons. The molecule has 0 unspecified atom stereocenters. The van der Waals surface area contributed by atoms with Crippen LogP contribution in [0.5, 0.6) is 0 Å². The van der Waals surface area contributed by atoms with Crippen LogP contribution in [0, 0.1) is 0 Å². The molecule has 0 fully saturated rings. The Bertz CT molecular complexity index is 73.7. The average molecular weight is 118 g/mol. The molecule has 1 atom stereocenters. The zero-order chi connectivity index (χ0) is 6.41. The Morgan fingerprint density at radius 1 is 1.75 bits per heavy atom. The summed E-state index contributed by atoms with van der Waals surface area (Å²) in [4.78, 5) is 4.25. The van der Waals surface area contributed by atoms with Crippen molar-refractivity contribution in [2.75, 3.05) is 6.61 Å². The highest BCUT2D eigenvalue weighted by atomic mass is 16.6. The van der Waals surface area contributed by atoms with E-state index in [2.05, 4.69) is 15.2 Å². The monoisotopic (exact) mass is 118 g/mol. The molecule has 0 amide bonds. The summed E-state index contributed by atoms with van der Waals surface area (Å²) in [5, 5.41) is 6.56. The second-order valence-corrected chi connectivity index (χ2v) is 1.41. The minimum absolute atomic E-state index is 0.0509. The predicted octanol–water partition coefficient (Wildman–Crippen LogP) is -0.409. The van der Waals surface area contributed by atoms with Crippen LogP contribution in [0.1, 0.15) is 6.92 Å². The summed E-state index contributed by atoms with van der Waals surface area (Å²) in [6, 6.07) is -0.0509. The van der Waals surface area contributed by atoms with Gasteiger partial charge in [-0.25, -0.2) is 5.90 Å². The lowest BCUT2D eigenvalue weighted by molar-refractivity contribution is 0.126. The number of hydrogen-bond donors (Lipinski definition) is 2. The fourth-order valence-electron chi connectivity index (χ4n) is 0.286. The molecule has 0 saturated carbocycles. The molecule has 0 aromatic carbocycles. The van der Waals surface area contributed by atoms with Crippen molar-refractivity contribution in [1.29, 1.82) is 0 Å². The molecule has 0 aromatic heterocycles. The molecule has 5 nitrogen and oxygen atoms in total. The fourth-order valence-corrected chi connectivity index (χ4v) is 0.286. The van der Waals surface area contributed by atoms with Gasteiger partial charge in [-0.05, 0) is 6.92 Å². The first kappa shape index (κ1) is 7.32. The molecular weight excluding hydrogens is 108 g/mol. The Morgan fingerprint density at radius 3 is 2.75 bits per heavy atom. The van der Waals surface area contributed by atoms with Crippen molar-refractivity contribution in [2.45, 2.75) is 13.0 Å². The van der Waals surface area contributed by atoms with E-state index in [0.29, 0.717) is 6.61 Å². The molecule has 0 aliphatic carbocycles. The van der Waals surface area contributed by atoms with Gasteiger partial charge >= 0.3 is 0 Å². The second kappa shape index (κ2) is 4.48. The highest BCUT2D eigenvalue weighted by Crippen LogP contribution is 1.86. The maximum Gasteiger partial charge on any atom is 0.0954 e. The molecule has 0 radical (unpaired) electrons. The molecule has 0 aromatic rings. The molecular formula is C3H10N4O. The number of nitrogens with zero attached hydrogens (tertiary/aromatic N) is 2. The lowest BCUT2D eigenvalue weighted by Gasteiger charge is -1.98. The summed E-state index contributed by atoms with van der Waals surface area (Å²) in [6.45, 7) is 2.14. The molecule has 0 heterocycles. The minimum atomic E-state index is -0.0509. The topological polar surface area (TPSA) is 86.0 Å². The van der Waals surface area contributed by atoms with Crippen LogP contribution in [0.15, 0.2) is 10.3 Å². The number of nitrogens with two attached hydrogens (primary N) is 2. The molecule has 0 saturated heterocycles. The maximum absolute atomic E-state index is 4.72. The molecule has 4 N–H and O–H groups in total. The quantitative estimate of drug-likeness (QED) is 0.300. The van der Waals surface area contributed by atoms with E-state index in [1.54, 1.807) is 6.92 Å². The van der Waals surface area contributed by atoms with Crippen LogP contribution in [0.25, 0.3) is 0 Å². The van der Waals surface area contributed by atoms with Gasteiger partial charge in [0.1, 0.15) is 0 Å². The van der Waals surface area contributed by atoms with E-state index in [1.807, 2.05) is 0 Å². The third-order valence-electron chi connectivity index (χ3n) is 0.601. The van der Waals surface area contributed by atoms with E-state index < -0.39 is 0 Å². The standard InChI is InChI=1S/C3H10N4O/c1-3(2-8-5)6-7-4/h3H,2,5H2,1H3,(H2,4,6)/t3-/m0/s1. The molecule has 5 heteroatoms. The van der Waals surface area contributed by atoms with Crippen LogP contribution in [0.2, 0.25) is 0 Å². The first-order valence-electron chi connectivity index (χ1n) is 2.23. The van der Waals surface area contributed by atoms with E-state index in [-0.39, 0.29) is 6.04 Å². The molecule has 0 bridgehead atoms. The van der Waals surface area contributed by atoms with Crippen LogP contribution in [0.4, 0.5) is 0 Å². The van der Waals surface area contributed by atoms with Crippen molar-refractivity contribution in [3.05, 3.63) is 0 Å². The summed E-state index contributed by atoms with van der Waals surface area (Å²) in [6.07, 6.45) is 0. The normalized spacial score (nSPS) is 14.8. The number of rotatable bonds is 3. The van der Waals surface area contributed by atoms with Gasteiger partial charge in [-0.3, -0.25) is 0 Å². The Morgan fingerprint density at radius 2 is 2.38 bits per heavy atom. The summed E-state index contributed by atoms with van der Waals surface area (Å²) in [5.41, 5.74) is 0. The van der Waals surface area contributed by atoms with Crippen molar-refractivity contribution < 1.29 is 4.84 Å². The maximum atomic E-state index is 4.72. The van der Waals surface area contributed by atoms with Crippen LogP contribution in [-0.4, -0.2) is 12.6 Å².